The van der Waals surface area contributed by atoms with Crippen molar-refractivity contribution in [3.8, 4) is 0 Å². The highest BCUT2D eigenvalue weighted by Crippen LogP contribution is 2.16. The van der Waals surface area contributed by atoms with Crippen LogP contribution < -0.4 is 5.32 Å². The van der Waals surface area contributed by atoms with Gasteiger partial charge in [-0.3, -0.25) is 4.79 Å². The van der Waals surface area contributed by atoms with Gasteiger partial charge in [-0.1, -0.05) is 6.92 Å². The number of rotatable bonds is 4. The van der Waals surface area contributed by atoms with Crippen molar-refractivity contribution < 1.29 is 19.4 Å². The number of carboxylic acids is 1. The second-order valence-corrected chi connectivity index (χ2v) is 5.74. The first-order chi connectivity index (χ1) is 8.75. The molecule has 19 heavy (non-hydrogen) atoms. The number of hydrogen-bond donors (Lipinski definition) is 2. The average Bonchev–Trinajstić information content (AvgIpc) is 2.26. The first-order valence-corrected chi connectivity index (χ1v) is 6.67. The van der Waals surface area contributed by atoms with Crippen molar-refractivity contribution in [1.29, 1.82) is 0 Å². The molecule has 1 heterocycles. The molecule has 2 N–H and O–H groups in total. The number of hydrogen-bond acceptors (Lipinski definition) is 3. The maximum atomic E-state index is 12.3. The summed E-state index contributed by atoms with van der Waals surface area (Å²) in [6, 6.07) is -0.162. The second-order valence-electron chi connectivity index (χ2n) is 5.74. The summed E-state index contributed by atoms with van der Waals surface area (Å²) in [5, 5.41) is 11.6. The van der Waals surface area contributed by atoms with Crippen LogP contribution in [0.15, 0.2) is 0 Å². The molecule has 0 aromatic heterocycles. The van der Waals surface area contributed by atoms with Crippen LogP contribution in [0.25, 0.3) is 0 Å². The van der Waals surface area contributed by atoms with Crippen LogP contribution in [0.1, 0.15) is 40.5 Å². The fraction of sp³-hybridized carbons (Fsp3) is 0.846. The Bertz CT molecular complexity index is 344. The lowest BCUT2D eigenvalue weighted by Gasteiger charge is -2.40. The van der Waals surface area contributed by atoms with Crippen molar-refractivity contribution in [1.82, 2.24) is 10.2 Å². The summed E-state index contributed by atoms with van der Waals surface area (Å²) in [5.74, 6) is -0.923. The number of nitrogens with one attached hydrogen (secondary N) is 1. The Labute approximate surface area is 114 Å². The molecule has 0 aromatic rings. The first-order valence-electron chi connectivity index (χ1n) is 6.67. The standard InChI is InChI=1S/C13H24N2O4/c1-5-10-8-19-9(2)7-15(10)12(18)14-13(3,4)6-11(16)17/h9-10H,5-8H2,1-4H3,(H,14,18)(H,16,17). The van der Waals surface area contributed by atoms with Gasteiger partial charge in [-0.05, 0) is 27.2 Å². The SMILES string of the molecule is CCC1COC(C)CN1C(=O)NC(C)(C)CC(=O)O. The molecule has 0 saturated carbocycles. The Morgan fingerprint density at radius 2 is 2.11 bits per heavy atom. The van der Waals surface area contributed by atoms with Gasteiger partial charge in [-0.25, -0.2) is 4.79 Å². The fourth-order valence-electron chi connectivity index (χ4n) is 2.21. The predicted octanol–water partition coefficient (Wildman–Crippen LogP) is 1.45. The minimum atomic E-state index is -0.923. The van der Waals surface area contributed by atoms with Crippen molar-refractivity contribution in [3.05, 3.63) is 0 Å². The summed E-state index contributed by atoms with van der Waals surface area (Å²) in [5.41, 5.74) is -0.761. The molecule has 6 nitrogen and oxygen atoms in total. The molecule has 2 unspecified atom stereocenters. The number of carbonyl (C=O) groups excluding carboxylic acids is 1. The number of urea groups is 1. The Balaban J connectivity index is 2.66. The zero-order valence-corrected chi connectivity index (χ0v) is 12.1. The summed E-state index contributed by atoms with van der Waals surface area (Å²) in [6.45, 7) is 8.42. The summed E-state index contributed by atoms with van der Waals surface area (Å²) >= 11 is 0. The van der Waals surface area contributed by atoms with E-state index in [2.05, 4.69) is 5.32 Å². The van der Waals surface area contributed by atoms with Crippen LogP contribution in [-0.2, 0) is 9.53 Å². The monoisotopic (exact) mass is 272 g/mol. The van der Waals surface area contributed by atoms with Crippen LogP contribution in [0.3, 0.4) is 0 Å². The lowest BCUT2D eigenvalue weighted by Crippen LogP contribution is -2.58. The topological polar surface area (TPSA) is 78.9 Å². The van der Waals surface area contributed by atoms with Gasteiger partial charge in [0.15, 0.2) is 0 Å². The van der Waals surface area contributed by atoms with Crippen LogP contribution >= 0.6 is 0 Å². The molecule has 0 aliphatic carbocycles. The minimum absolute atomic E-state index is 0.0103. The van der Waals surface area contributed by atoms with Gasteiger partial charge < -0.3 is 20.1 Å². The van der Waals surface area contributed by atoms with Gasteiger partial charge in [0.05, 0.1) is 25.2 Å². The molecular weight excluding hydrogens is 248 g/mol. The Morgan fingerprint density at radius 3 is 2.63 bits per heavy atom. The number of aliphatic carboxylic acids is 1. The Hall–Kier alpha value is -1.30. The van der Waals surface area contributed by atoms with E-state index >= 15 is 0 Å². The summed E-state index contributed by atoms with van der Waals surface area (Å²) < 4.78 is 5.54. The van der Waals surface area contributed by atoms with Gasteiger partial charge >= 0.3 is 12.0 Å². The molecule has 1 saturated heterocycles. The van der Waals surface area contributed by atoms with E-state index in [0.717, 1.165) is 6.42 Å². The van der Waals surface area contributed by atoms with E-state index < -0.39 is 11.5 Å². The zero-order chi connectivity index (χ0) is 14.6. The third-order valence-corrected chi connectivity index (χ3v) is 3.24. The van der Waals surface area contributed by atoms with Crippen molar-refractivity contribution in [2.75, 3.05) is 13.2 Å². The van der Waals surface area contributed by atoms with Gasteiger partial charge in [0, 0.05) is 12.1 Å². The van der Waals surface area contributed by atoms with Gasteiger partial charge in [0.1, 0.15) is 0 Å². The van der Waals surface area contributed by atoms with Crippen LogP contribution in [0, 0.1) is 0 Å². The van der Waals surface area contributed by atoms with E-state index in [1.54, 1.807) is 18.7 Å². The van der Waals surface area contributed by atoms with Gasteiger partial charge in [0.25, 0.3) is 0 Å². The van der Waals surface area contributed by atoms with Gasteiger partial charge in [-0.2, -0.15) is 0 Å². The molecule has 0 radical (unpaired) electrons. The Morgan fingerprint density at radius 1 is 1.47 bits per heavy atom. The average molecular weight is 272 g/mol. The third kappa shape index (κ3) is 4.70. The van der Waals surface area contributed by atoms with Crippen LogP contribution in [0.2, 0.25) is 0 Å². The minimum Gasteiger partial charge on any atom is -0.481 e. The van der Waals surface area contributed by atoms with E-state index in [4.69, 9.17) is 9.84 Å². The van der Waals surface area contributed by atoms with Crippen molar-refractivity contribution in [2.24, 2.45) is 0 Å². The molecule has 1 aliphatic rings. The van der Waals surface area contributed by atoms with Crippen molar-refractivity contribution in [3.63, 3.8) is 0 Å². The molecule has 0 aromatic carbocycles. The highest BCUT2D eigenvalue weighted by Gasteiger charge is 2.32. The number of amides is 2. The summed E-state index contributed by atoms with van der Waals surface area (Å²) in [4.78, 5) is 24.8. The fourth-order valence-corrected chi connectivity index (χ4v) is 2.21. The Kier molecular flexibility index (Phi) is 5.17. The maximum Gasteiger partial charge on any atom is 0.318 e. The largest absolute Gasteiger partial charge is 0.481 e. The molecule has 2 amide bonds. The number of nitrogens with zero attached hydrogens (tertiary/aromatic N) is 1. The van der Waals surface area contributed by atoms with E-state index in [1.807, 2.05) is 13.8 Å². The molecule has 2 atom stereocenters. The molecule has 1 aliphatic heterocycles. The number of carboxylic acid groups (broad SMARTS) is 1. The number of morpholine rings is 1. The molecule has 1 rings (SSSR count). The van der Waals surface area contributed by atoms with Crippen LogP contribution in [-0.4, -0.2) is 52.8 Å². The second kappa shape index (κ2) is 6.23. The van der Waals surface area contributed by atoms with Crippen molar-refractivity contribution in [2.45, 2.75) is 58.2 Å². The number of carbonyl (C=O) groups is 2. The third-order valence-electron chi connectivity index (χ3n) is 3.24. The molecule has 1 fully saturated rings. The maximum absolute atomic E-state index is 12.3. The highest BCUT2D eigenvalue weighted by atomic mass is 16.5. The van der Waals surface area contributed by atoms with Crippen LogP contribution in [0.4, 0.5) is 4.79 Å². The molecule has 6 heteroatoms. The molecule has 0 spiro atoms. The van der Waals surface area contributed by atoms with E-state index in [1.165, 1.54) is 0 Å². The number of ether oxygens (including phenoxy) is 1. The lowest BCUT2D eigenvalue weighted by molar-refractivity contribution is -0.138. The van der Waals surface area contributed by atoms with E-state index in [0.29, 0.717) is 13.2 Å². The summed E-state index contributed by atoms with van der Waals surface area (Å²) in [7, 11) is 0. The summed E-state index contributed by atoms with van der Waals surface area (Å²) in [6.07, 6.45) is 0.727. The molecular formula is C13H24N2O4. The van der Waals surface area contributed by atoms with Gasteiger partial charge in [0.2, 0.25) is 0 Å². The van der Waals surface area contributed by atoms with Crippen molar-refractivity contribution >= 4 is 12.0 Å². The molecule has 110 valence electrons. The zero-order valence-electron chi connectivity index (χ0n) is 12.1. The van der Waals surface area contributed by atoms with Gasteiger partial charge in [-0.15, -0.1) is 0 Å². The smallest absolute Gasteiger partial charge is 0.318 e. The highest BCUT2D eigenvalue weighted by molar-refractivity contribution is 5.77. The quantitative estimate of drug-likeness (QED) is 0.812. The first kappa shape index (κ1) is 15.8. The lowest BCUT2D eigenvalue weighted by atomic mass is 10.0. The van der Waals surface area contributed by atoms with E-state index in [9.17, 15) is 9.59 Å². The predicted molar refractivity (Wildman–Crippen MR) is 71.1 cm³/mol. The normalized spacial score (nSPS) is 24.1. The molecule has 0 bridgehead atoms. The van der Waals surface area contributed by atoms with Crippen LogP contribution in [0.5, 0.6) is 0 Å². The van der Waals surface area contributed by atoms with E-state index in [-0.39, 0.29) is 24.6 Å².